The molecule has 402 valence electrons. The van der Waals surface area contributed by atoms with E-state index in [9.17, 15) is 39.3 Å². The third-order valence-corrected chi connectivity index (χ3v) is 15.2. The zero-order valence-electron chi connectivity index (χ0n) is 44.0. The lowest BCUT2D eigenvalue weighted by Gasteiger charge is -2.43. The summed E-state index contributed by atoms with van der Waals surface area (Å²) >= 11 is 0. The van der Waals surface area contributed by atoms with E-state index in [1.165, 1.54) is 12.0 Å². The number of carbonyl (C=O) groups excluding carboxylic acids is 5. The number of ketones is 3. The molecule has 1 aliphatic carbocycles. The van der Waals surface area contributed by atoms with Gasteiger partial charge in [-0.1, -0.05) is 71.1 Å². The van der Waals surface area contributed by atoms with Gasteiger partial charge >= 0.3 is 5.97 Å². The molecule has 16 nitrogen and oxygen atoms in total. The third-order valence-electron chi connectivity index (χ3n) is 15.2. The van der Waals surface area contributed by atoms with E-state index in [0.29, 0.717) is 76.4 Å². The van der Waals surface area contributed by atoms with Gasteiger partial charge in [-0.2, -0.15) is 0 Å². The fraction of sp³-hybridized carbons (Fsp3) is 0.764. The molecule has 0 aromatic carbocycles. The van der Waals surface area contributed by atoms with E-state index in [-0.39, 0.29) is 81.1 Å². The van der Waals surface area contributed by atoms with Crippen LogP contribution in [0.1, 0.15) is 132 Å². The molecule has 2 bridgehead atoms. The smallest absolute Gasteiger partial charge is 0.329 e. The standard InChI is InChI=1S/C55H87NO15/c1-34-16-11-10-12-17-35(2)46(69-27-26-68-25-15-24-57)32-42-21-19-40(7)55(65,71-42)52(62)53(63)56-23-14-13-18-43(56)54(64)70-47(37(4)30-41-20-22-44(58)48(31-41)66-8)33-45(59)36(3)29-39(6)50(61)51(67-9)49(60)38(5)28-34/h10-12,16-17,29,34,36-38,40-44,46-48,50-51,57-58,61,65H,13-15,18-28,30-33H2,1-9H3/b12-10+,16-11+,35-17+,39-29+/t34-,36-,37-,38-,40-,41+,42+,43+,44-,46?,47+,48-,50-,51+,55-/m1/s1. The minimum absolute atomic E-state index is 0.00753. The Morgan fingerprint density at radius 3 is 2.31 bits per heavy atom. The number of amides is 1. The molecular formula is C55H87NO15. The fourth-order valence-corrected chi connectivity index (χ4v) is 10.6. The summed E-state index contributed by atoms with van der Waals surface area (Å²) in [6.07, 6.45) is 11.0. The van der Waals surface area contributed by atoms with Crippen molar-refractivity contribution in [3.05, 3.63) is 47.6 Å². The average molecular weight is 1000 g/mol. The summed E-state index contributed by atoms with van der Waals surface area (Å²) in [6.45, 7) is 13.5. The van der Waals surface area contributed by atoms with E-state index in [0.717, 1.165) is 5.57 Å². The molecular weight excluding hydrogens is 915 g/mol. The second-order valence-electron chi connectivity index (χ2n) is 20.9. The summed E-state index contributed by atoms with van der Waals surface area (Å²) in [7, 11) is 2.93. The molecule has 1 saturated carbocycles. The number of piperidine rings is 1. The fourth-order valence-electron chi connectivity index (χ4n) is 10.6. The highest BCUT2D eigenvalue weighted by atomic mass is 16.6. The lowest BCUT2D eigenvalue weighted by molar-refractivity contribution is -0.266. The summed E-state index contributed by atoms with van der Waals surface area (Å²) in [5.41, 5.74) is 1.21. The molecule has 4 rings (SSSR count). The number of cyclic esters (lactones) is 1. The molecule has 15 atom stereocenters. The van der Waals surface area contributed by atoms with Crippen molar-refractivity contribution >= 4 is 29.2 Å². The number of fused-ring (bicyclic) bond motifs is 3. The van der Waals surface area contributed by atoms with Crippen molar-refractivity contribution in [1.29, 1.82) is 0 Å². The lowest BCUT2D eigenvalue weighted by Crippen LogP contribution is -2.61. The summed E-state index contributed by atoms with van der Waals surface area (Å²) in [4.78, 5) is 72.4. The number of hydrogen-bond acceptors (Lipinski definition) is 15. The number of Topliss-reactive ketones (excluding diaryl/α,β-unsaturated/α-hetero) is 3. The van der Waals surface area contributed by atoms with Crippen molar-refractivity contribution in [3.8, 4) is 0 Å². The molecule has 3 heterocycles. The van der Waals surface area contributed by atoms with Gasteiger partial charge in [0.2, 0.25) is 5.79 Å². The molecule has 4 aliphatic rings. The Hall–Kier alpha value is -3.45. The van der Waals surface area contributed by atoms with E-state index in [1.54, 1.807) is 40.9 Å². The molecule has 71 heavy (non-hydrogen) atoms. The van der Waals surface area contributed by atoms with Gasteiger partial charge in [0, 0.05) is 64.6 Å². The van der Waals surface area contributed by atoms with Crippen LogP contribution in [0.4, 0.5) is 0 Å². The predicted octanol–water partition coefficient (Wildman–Crippen LogP) is 5.95. The van der Waals surface area contributed by atoms with Gasteiger partial charge in [-0.05, 0) is 113 Å². The Balaban J connectivity index is 1.71. The van der Waals surface area contributed by atoms with Crippen LogP contribution in [-0.2, 0) is 52.4 Å². The normalized spacial score (nSPS) is 38.0. The van der Waals surface area contributed by atoms with Gasteiger partial charge in [0.25, 0.3) is 11.7 Å². The first-order valence-corrected chi connectivity index (χ1v) is 26.2. The zero-order valence-corrected chi connectivity index (χ0v) is 44.0. The van der Waals surface area contributed by atoms with Crippen LogP contribution in [0.2, 0.25) is 0 Å². The molecule has 2 saturated heterocycles. The average Bonchev–Trinajstić information content (AvgIpc) is 3.34. The Morgan fingerprint density at radius 2 is 1.61 bits per heavy atom. The largest absolute Gasteiger partial charge is 0.460 e. The number of aliphatic hydroxyl groups excluding tert-OH is 3. The molecule has 0 aromatic rings. The number of methoxy groups -OCH3 is 2. The van der Waals surface area contributed by atoms with Crippen LogP contribution in [0.15, 0.2) is 47.6 Å². The van der Waals surface area contributed by atoms with Crippen LogP contribution in [0, 0.1) is 35.5 Å². The number of rotatable bonds is 12. The topological polar surface area (TPSA) is 225 Å². The Labute approximate surface area is 422 Å². The molecule has 4 N–H and O–H groups in total. The van der Waals surface area contributed by atoms with Crippen LogP contribution in [-0.4, -0.2) is 156 Å². The van der Waals surface area contributed by atoms with Crippen molar-refractivity contribution in [1.82, 2.24) is 4.90 Å². The van der Waals surface area contributed by atoms with Crippen molar-refractivity contribution in [2.24, 2.45) is 35.5 Å². The van der Waals surface area contributed by atoms with Gasteiger partial charge in [0.05, 0.1) is 37.6 Å². The van der Waals surface area contributed by atoms with Crippen molar-refractivity contribution < 1.29 is 72.8 Å². The first-order chi connectivity index (χ1) is 33.7. The molecule has 16 heteroatoms. The summed E-state index contributed by atoms with van der Waals surface area (Å²) in [5, 5.41) is 43.3. The SMILES string of the molecule is CO[C@@H]1C[C@H](C[C@@H](C)[C@@H]2CC(=O)[C@H](C)/C=C(\C)[C@@H](O)[C@@H](OC)C(=O)[C@H](C)C[C@H](C)/C=C/C=C/C=C(\C)C(OCCOCCCO)C[C@@H]3CC[C@@H](C)[C@@](O)(O3)C(=O)C(=O)N3CCCC[C@H]3C(=O)O2)CC[C@H]1O. The summed E-state index contributed by atoms with van der Waals surface area (Å²) in [5.74, 6) is -8.26. The van der Waals surface area contributed by atoms with E-state index in [1.807, 2.05) is 51.2 Å². The Kier molecular flexibility index (Phi) is 24.9. The van der Waals surface area contributed by atoms with E-state index >= 15 is 0 Å². The maximum atomic E-state index is 14.5. The van der Waals surface area contributed by atoms with Crippen molar-refractivity contribution in [3.63, 3.8) is 0 Å². The Morgan fingerprint density at radius 1 is 0.859 bits per heavy atom. The van der Waals surface area contributed by atoms with Gasteiger partial charge in [-0.15, -0.1) is 0 Å². The molecule has 1 unspecified atom stereocenters. The maximum absolute atomic E-state index is 14.5. The monoisotopic (exact) mass is 1000 g/mol. The number of hydrogen-bond donors (Lipinski definition) is 4. The van der Waals surface area contributed by atoms with Gasteiger partial charge in [-0.3, -0.25) is 19.2 Å². The van der Waals surface area contributed by atoms with Crippen LogP contribution in [0.5, 0.6) is 0 Å². The number of aliphatic hydroxyl groups is 4. The highest BCUT2D eigenvalue weighted by Gasteiger charge is 2.53. The minimum atomic E-state index is -2.48. The molecule has 1 amide bonds. The Bertz CT molecular complexity index is 1860. The summed E-state index contributed by atoms with van der Waals surface area (Å²) in [6, 6.07) is -1.17. The molecule has 0 radical (unpaired) electrons. The first-order valence-electron chi connectivity index (χ1n) is 26.2. The second-order valence-corrected chi connectivity index (χ2v) is 20.9. The highest BCUT2D eigenvalue weighted by Crippen LogP contribution is 2.38. The summed E-state index contributed by atoms with van der Waals surface area (Å²) < 4.78 is 35.6. The third kappa shape index (κ3) is 17.3. The van der Waals surface area contributed by atoms with Crippen LogP contribution in [0.25, 0.3) is 0 Å². The molecule has 0 spiro atoms. The molecule has 3 aliphatic heterocycles. The van der Waals surface area contributed by atoms with Crippen LogP contribution >= 0.6 is 0 Å². The highest BCUT2D eigenvalue weighted by molar-refractivity contribution is 6.39. The van der Waals surface area contributed by atoms with Crippen molar-refractivity contribution in [2.45, 2.75) is 186 Å². The lowest BCUT2D eigenvalue weighted by atomic mass is 9.78. The quantitative estimate of drug-likeness (QED) is 0.0768. The van der Waals surface area contributed by atoms with Gasteiger partial charge in [0.15, 0.2) is 5.78 Å². The van der Waals surface area contributed by atoms with Gasteiger partial charge in [0.1, 0.15) is 30.1 Å². The van der Waals surface area contributed by atoms with E-state index in [2.05, 4.69) is 0 Å². The number of nitrogens with zero attached hydrogens (tertiary/aromatic N) is 1. The number of ether oxygens (including phenoxy) is 6. The first kappa shape index (κ1) is 60.1. The van der Waals surface area contributed by atoms with Crippen LogP contribution < -0.4 is 0 Å². The second kappa shape index (κ2) is 29.4. The number of carbonyl (C=O) groups is 5. The maximum Gasteiger partial charge on any atom is 0.329 e. The minimum Gasteiger partial charge on any atom is -0.460 e. The number of allylic oxidation sites excluding steroid dienone is 6. The molecule has 0 aromatic heterocycles. The van der Waals surface area contributed by atoms with Crippen LogP contribution in [0.3, 0.4) is 0 Å². The van der Waals surface area contributed by atoms with Crippen molar-refractivity contribution in [2.75, 3.05) is 47.2 Å². The number of esters is 1. The van der Waals surface area contributed by atoms with Gasteiger partial charge in [-0.25, -0.2) is 4.79 Å². The zero-order chi connectivity index (χ0) is 52.4. The predicted molar refractivity (Wildman–Crippen MR) is 267 cm³/mol. The van der Waals surface area contributed by atoms with E-state index in [4.69, 9.17) is 33.5 Å². The van der Waals surface area contributed by atoms with E-state index < -0.39 is 83.9 Å². The van der Waals surface area contributed by atoms with Gasteiger partial charge < -0.3 is 53.7 Å². The molecule has 3 fully saturated rings.